The lowest BCUT2D eigenvalue weighted by atomic mass is 10.2. The molecule has 2 rings (SSSR count). The largest absolute Gasteiger partial charge is 0.476 e. The molecule has 1 heterocycles. The van der Waals surface area contributed by atoms with Crippen LogP contribution >= 0.6 is 0 Å². The van der Waals surface area contributed by atoms with Crippen molar-refractivity contribution in [3.8, 4) is 5.69 Å². The quantitative estimate of drug-likeness (QED) is 0.779. The second-order valence-electron chi connectivity index (χ2n) is 3.33. The highest BCUT2D eigenvalue weighted by molar-refractivity contribution is 5.90. The summed E-state index contributed by atoms with van der Waals surface area (Å²) in [6.45, 7) is 1.89. The average molecular weight is 218 g/mol. The summed E-state index contributed by atoms with van der Waals surface area (Å²) in [6, 6.07) is 7.39. The number of nitrogens with two attached hydrogens (primary N) is 1. The van der Waals surface area contributed by atoms with Crippen LogP contribution in [0.5, 0.6) is 0 Å². The Bertz CT molecular complexity index is 548. The number of carboxylic acid groups (broad SMARTS) is 1. The highest BCUT2D eigenvalue weighted by atomic mass is 16.4. The molecule has 82 valence electrons. The van der Waals surface area contributed by atoms with Crippen LogP contribution < -0.4 is 5.73 Å². The fourth-order valence-corrected chi connectivity index (χ4v) is 1.42. The van der Waals surface area contributed by atoms with E-state index in [0.717, 1.165) is 11.3 Å². The number of aromatic carboxylic acids is 1. The first-order valence-electron chi connectivity index (χ1n) is 4.61. The molecule has 0 atom stereocenters. The van der Waals surface area contributed by atoms with Gasteiger partial charge in [-0.1, -0.05) is 23.4 Å². The second-order valence-corrected chi connectivity index (χ2v) is 3.33. The van der Waals surface area contributed by atoms with E-state index in [1.807, 2.05) is 25.1 Å². The minimum absolute atomic E-state index is 0.0294. The van der Waals surface area contributed by atoms with Gasteiger partial charge in [0.2, 0.25) is 5.69 Å². The molecule has 2 aromatic rings. The van der Waals surface area contributed by atoms with Gasteiger partial charge >= 0.3 is 5.97 Å². The lowest BCUT2D eigenvalue weighted by Gasteiger charge is -2.05. The molecule has 0 saturated heterocycles. The SMILES string of the molecule is Cc1ccccc1-n1nnc(C(=O)O)c1N. The van der Waals surface area contributed by atoms with Crippen molar-refractivity contribution in [3.05, 3.63) is 35.5 Å². The maximum absolute atomic E-state index is 10.8. The molecule has 0 aliphatic rings. The fourth-order valence-electron chi connectivity index (χ4n) is 1.42. The zero-order valence-corrected chi connectivity index (χ0v) is 8.58. The van der Waals surface area contributed by atoms with Crippen LogP contribution in [0.4, 0.5) is 5.82 Å². The van der Waals surface area contributed by atoms with Crippen molar-refractivity contribution in [1.82, 2.24) is 15.0 Å². The Hall–Kier alpha value is -2.37. The highest BCUT2D eigenvalue weighted by Crippen LogP contribution is 2.17. The molecule has 0 spiro atoms. The van der Waals surface area contributed by atoms with Gasteiger partial charge in [-0.25, -0.2) is 4.79 Å². The first-order valence-corrected chi connectivity index (χ1v) is 4.61. The van der Waals surface area contributed by atoms with E-state index in [9.17, 15) is 4.79 Å². The first-order chi connectivity index (χ1) is 7.61. The highest BCUT2D eigenvalue weighted by Gasteiger charge is 2.17. The number of aryl methyl sites for hydroxylation is 1. The Labute approximate surface area is 91.3 Å². The van der Waals surface area contributed by atoms with E-state index >= 15 is 0 Å². The summed E-state index contributed by atoms with van der Waals surface area (Å²) < 4.78 is 1.32. The molecule has 0 unspecified atom stereocenters. The van der Waals surface area contributed by atoms with Crippen LogP contribution in [0.25, 0.3) is 5.69 Å². The minimum atomic E-state index is -1.18. The molecule has 6 heteroatoms. The van der Waals surface area contributed by atoms with Gasteiger partial charge in [-0.15, -0.1) is 5.10 Å². The molecule has 16 heavy (non-hydrogen) atoms. The van der Waals surface area contributed by atoms with Crippen molar-refractivity contribution in [2.45, 2.75) is 6.92 Å². The third-order valence-electron chi connectivity index (χ3n) is 2.25. The maximum Gasteiger partial charge on any atom is 0.360 e. The van der Waals surface area contributed by atoms with Crippen LogP contribution in [0, 0.1) is 6.92 Å². The Morgan fingerprint density at radius 2 is 2.12 bits per heavy atom. The molecule has 6 nitrogen and oxygen atoms in total. The molecule has 0 aliphatic carbocycles. The van der Waals surface area contributed by atoms with Crippen molar-refractivity contribution in [3.63, 3.8) is 0 Å². The number of aromatic nitrogens is 3. The van der Waals surface area contributed by atoms with Gasteiger partial charge in [-0.05, 0) is 18.6 Å². The van der Waals surface area contributed by atoms with Crippen LogP contribution in [0.2, 0.25) is 0 Å². The van der Waals surface area contributed by atoms with Gasteiger partial charge in [0, 0.05) is 0 Å². The van der Waals surface area contributed by atoms with E-state index in [4.69, 9.17) is 10.8 Å². The summed E-state index contributed by atoms with van der Waals surface area (Å²) in [5.41, 5.74) is 7.09. The van der Waals surface area contributed by atoms with E-state index < -0.39 is 5.97 Å². The third kappa shape index (κ3) is 1.50. The number of nitrogen functional groups attached to an aromatic ring is 1. The molecule has 0 aliphatic heterocycles. The number of rotatable bonds is 2. The summed E-state index contributed by atoms with van der Waals surface area (Å²) in [7, 11) is 0. The van der Waals surface area contributed by atoms with Gasteiger partial charge in [0.15, 0.2) is 5.82 Å². The topological polar surface area (TPSA) is 94.0 Å². The van der Waals surface area contributed by atoms with Crippen LogP contribution in [0.3, 0.4) is 0 Å². The van der Waals surface area contributed by atoms with Crippen LogP contribution in [0.1, 0.15) is 16.1 Å². The number of hydrogen-bond acceptors (Lipinski definition) is 4. The van der Waals surface area contributed by atoms with Crippen LogP contribution in [0.15, 0.2) is 24.3 Å². The average Bonchev–Trinajstić information content (AvgIpc) is 2.61. The van der Waals surface area contributed by atoms with Crippen molar-refractivity contribution in [1.29, 1.82) is 0 Å². The molecule has 0 bridgehead atoms. The standard InChI is InChI=1S/C10H10N4O2/c1-6-4-2-3-5-7(6)14-9(11)8(10(15)16)12-13-14/h2-5H,11H2,1H3,(H,15,16). The number of benzene rings is 1. The van der Waals surface area contributed by atoms with E-state index in [-0.39, 0.29) is 11.5 Å². The summed E-state index contributed by atoms with van der Waals surface area (Å²) in [5.74, 6) is -1.15. The molecule has 3 N–H and O–H groups in total. The van der Waals surface area contributed by atoms with Gasteiger partial charge in [-0.2, -0.15) is 4.68 Å². The summed E-state index contributed by atoms with van der Waals surface area (Å²) in [6.07, 6.45) is 0. The Kier molecular flexibility index (Phi) is 2.32. The van der Waals surface area contributed by atoms with Gasteiger partial charge < -0.3 is 10.8 Å². The van der Waals surface area contributed by atoms with Crippen LogP contribution in [-0.4, -0.2) is 26.1 Å². The van der Waals surface area contributed by atoms with E-state index in [2.05, 4.69) is 10.3 Å². The van der Waals surface area contributed by atoms with Gasteiger partial charge in [0.25, 0.3) is 0 Å². The Morgan fingerprint density at radius 1 is 1.44 bits per heavy atom. The van der Waals surface area contributed by atoms with Crippen molar-refractivity contribution in [2.75, 3.05) is 5.73 Å². The summed E-state index contributed by atoms with van der Waals surface area (Å²) in [5, 5.41) is 16.0. The number of carboxylic acids is 1. The predicted molar refractivity (Wildman–Crippen MR) is 57.5 cm³/mol. The molecule has 0 saturated carbocycles. The lowest BCUT2D eigenvalue weighted by molar-refractivity contribution is 0.0691. The molecular formula is C10H10N4O2. The zero-order valence-electron chi connectivity index (χ0n) is 8.58. The number of hydrogen-bond donors (Lipinski definition) is 2. The van der Waals surface area contributed by atoms with Gasteiger partial charge in [-0.3, -0.25) is 0 Å². The summed E-state index contributed by atoms with van der Waals surface area (Å²) in [4.78, 5) is 10.8. The number of para-hydroxylation sites is 1. The molecule has 0 fully saturated rings. The van der Waals surface area contributed by atoms with Gasteiger partial charge in [0.05, 0.1) is 5.69 Å². The zero-order chi connectivity index (χ0) is 11.7. The lowest BCUT2D eigenvalue weighted by Crippen LogP contribution is -2.06. The molecular weight excluding hydrogens is 208 g/mol. The van der Waals surface area contributed by atoms with E-state index in [1.165, 1.54) is 4.68 Å². The summed E-state index contributed by atoms with van der Waals surface area (Å²) >= 11 is 0. The maximum atomic E-state index is 10.8. The normalized spacial score (nSPS) is 10.3. The smallest absolute Gasteiger partial charge is 0.360 e. The molecule has 1 aromatic heterocycles. The van der Waals surface area contributed by atoms with Gasteiger partial charge in [0.1, 0.15) is 0 Å². The second kappa shape index (κ2) is 3.65. The van der Waals surface area contributed by atoms with Crippen molar-refractivity contribution >= 4 is 11.8 Å². The molecule has 0 amide bonds. The molecule has 1 aromatic carbocycles. The number of nitrogens with zero attached hydrogens (tertiary/aromatic N) is 3. The number of carbonyl (C=O) groups is 1. The third-order valence-corrected chi connectivity index (χ3v) is 2.25. The van der Waals surface area contributed by atoms with Crippen molar-refractivity contribution in [2.24, 2.45) is 0 Å². The molecule has 0 radical (unpaired) electrons. The Balaban J connectivity index is 2.58. The van der Waals surface area contributed by atoms with E-state index in [0.29, 0.717) is 0 Å². The minimum Gasteiger partial charge on any atom is -0.476 e. The predicted octanol–water partition coefficient (Wildman–Crippen LogP) is 0.856. The fraction of sp³-hybridized carbons (Fsp3) is 0.100. The first kappa shape index (κ1) is 10.2. The van der Waals surface area contributed by atoms with E-state index in [1.54, 1.807) is 6.07 Å². The Morgan fingerprint density at radius 3 is 2.69 bits per heavy atom. The van der Waals surface area contributed by atoms with Crippen LogP contribution in [-0.2, 0) is 0 Å². The monoisotopic (exact) mass is 218 g/mol. The number of anilines is 1. The van der Waals surface area contributed by atoms with Crippen molar-refractivity contribution < 1.29 is 9.90 Å².